The van der Waals surface area contributed by atoms with E-state index in [2.05, 4.69) is 31.9 Å². The zero-order valence-electron chi connectivity index (χ0n) is 19.0. The number of carbonyl (C=O) groups is 2. The lowest BCUT2D eigenvalue weighted by Crippen LogP contribution is -2.53. The minimum absolute atomic E-state index is 0.0894. The van der Waals surface area contributed by atoms with Crippen LogP contribution in [0.1, 0.15) is 44.7 Å². The van der Waals surface area contributed by atoms with Crippen LogP contribution in [0.3, 0.4) is 0 Å². The van der Waals surface area contributed by atoms with E-state index in [4.69, 9.17) is 4.74 Å². The summed E-state index contributed by atoms with van der Waals surface area (Å²) in [4.78, 5) is 27.7. The molecule has 2 aliphatic rings. The number of amides is 1. The molecule has 1 heterocycles. The number of benzene rings is 2. The van der Waals surface area contributed by atoms with Crippen molar-refractivity contribution < 1.29 is 14.3 Å². The Labute approximate surface area is 212 Å². The highest BCUT2D eigenvalue weighted by Gasteiger charge is 2.55. The maximum atomic E-state index is 13.3. The molecule has 0 unspecified atom stereocenters. The first-order chi connectivity index (χ1) is 15.6. The molecule has 4 nitrogen and oxygen atoms in total. The number of ketones is 1. The van der Waals surface area contributed by atoms with E-state index in [0.29, 0.717) is 25.9 Å². The van der Waals surface area contributed by atoms with Gasteiger partial charge in [0.1, 0.15) is 5.60 Å². The number of halogens is 2. The number of carbonyl (C=O) groups excluding carboxylic acids is 2. The SMILES string of the molecule is CC(C)(C)OC(=O)N1CCC2(CC1)/C(=C\c1ccc(Br)cc1)C(=O)/C2=C/c1ccc(Br)cc1. The van der Waals surface area contributed by atoms with E-state index < -0.39 is 5.60 Å². The van der Waals surface area contributed by atoms with Crippen molar-refractivity contribution in [3.8, 4) is 0 Å². The van der Waals surface area contributed by atoms with Crippen LogP contribution < -0.4 is 0 Å². The maximum Gasteiger partial charge on any atom is 0.410 e. The first kappa shape index (κ1) is 24.0. The molecule has 1 spiro atoms. The molecule has 0 atom stereocenters. The van der Waals surface area contributed by atoms with Gasteiger partial charge in [0, 0.05) is 38.6 Å². The standard InChI is InChI=1S/C27H27Br2NO3/c1-26(2,3)33-25(32)30-14-12-27(13-15-30)22(16-18-4-8-20(28)9-5-18)24(31)23(27)17-19-6-10-21(29)11-7-19/h4-11,16-17H,12-15H2,1-3H3/b22-16-,23-17-. The van der Waals surface area contributed by atoms with Crippen LogP contribution in [0.5, 0.6) is 0 Å². The van der Waals surface area contributed by atoms with Gasteiger partial charge < -0.3 is 9.64 Å². The monoisotopic (exact) mass is 571 g/mol. The van der Waals surface area contributed by atoms with E-state index in [0.717, 1.165) is 31.2 Å². The van der Waals surface area contributed by atoms with Gasteiger partial charge in [0.25, 0.3) is 0 Å². The van der Waals surface area contributed by atoms with Crippen molar-refractivity contribution in [2.45, 2.75) is 39.2 Å². The zero-order valence-corrected chi connectivity index (χ0v) is 22.2. The summed E-state index contributed by atoms with van der Waals surface area (Å²) in [5, 5.41) is 0. The van der Waals surface area contributed by atoms with E-state index in [9.17, 15) is 9.59 Å². The largest absolute Gasteiger partial charge is 0.444 e. The molecule has 1 aliphatic carbocycles. The van der Waals surface area contributed by atoms with Crippen LogP contribution in [-0.2, 0) is 9.53 Å². The van der Waals surface area contributed by atoms with Gasteiger partial charge in [0.05, 0.1) is 0 Å². The first-order valence-electron chi connectivity index (χ1n) is 11.1. The lowest BCUT2D eigenvalue weighted by Gasteiger charge is -2.50. The smallest absolute Gasteiger partial charge is 0.410 e. The Morgan fingerprint density at radius 3 is 1.70 bits per heavy atom. The molecule has 1 saturated carbocycles. The topological polar surface area (TPSA) is 46.6 Å². The minimum atomic E-state index is -0.530. The quantitative estimate of drug-likeness (QED) is 0.355. The van der Waals surface area contributed by atoms with Crippen LogP contribution in [0.15, 0.2) is 68.6 Å². The second-order valence-electron chi connectivity index (χ2n) is 9.60. The van der Waals surface area contributed by atoms with Gasteiger partial charge in [-0.3, -0.25) is 4.79 Å². The average Bonchev–Trinajstić information content (AvgIpc) is 2.77. The number of hydrogen-bond acceptors (Lipinski definition) is 3. The third-order valence-electron chi connectivity index (χ3n) is 6.15. The van der Waals surface area contributed by atoms with Gasteiger partial charge in [-0.2, -0.15) is 0 Å². The van der Waals surface area contributed by atoms with Crippen molar-refractivity contribution >= 4 is 55.9 Å². The Hall–Kier alpha value is -2.18. The molecule has 2 fully saturated rings. The molecule has 0 aromatic heterocycles. The average molecular weight is 573 g/mol. The van der Waals surface area contributed by atoms with Gasteiger partial charge in [0.15, 0.2) is 5.78 Å². The number of ether oxygens (including phenoxy) is 1. The molecule has 1 aliphatic heterocycles. The number of nitrogens with zero attached hydrogens (tertiary/aromatic N) is 1. The molecule has 33 heavy (non-hydrogen) atoms. The third kappa shape index (κ3) is 5.17. The van der Waals surface area contributed by atoms with Gasteiger partial charge in [-0.15, -0.1) is 0 Å². The van der Waals surface area contributed by atoms with Crippen molar-refractivity contribution in [3.05, 3.63) is 79.7 Å². The summed E-state index contributed by atoms with van der Waals surface area (Å²) in [6.45, 7) is 6.73. The summed E-state index contributed by atoms with van der Waals surface area (Å²) >= 11 is 6.94. The van der Waals surface area contributed by atoms with E-state index in [-0.39, 0.29) is 17.3 Å². The summed E-state index contributed by atoms with van der Waals surface area (Å²) in [6, 6.07) is 15.9. The molecule has 6 heteroatoms. The molecule has 1 amide bonds. The number of allylic oxidation sites excluding steroid dienone is 2. The summed E-state index contributed by atoms with van der Waals surface area (Å²) in [5.74, 6) is 0.0894. The van der Waals surface area contributed by atoms with E-state index in [1.807, 2.05) is 81.5 Å². The number of hydrogen-bond donors (Lipinski definition) is 0. The molecule has 1 saturated heterocycles. The Morgan fingerprint density at radius 1 is 0.879 bits per heavy atom. The highest BCUT2D eigenvalue weighted by molar-refractivity contribution is 9.10. The van der Waals surface area contributed by atoms with Gasteiger partial charge in [-0.25, -0.2) is 4.79 Å². The molecule has 2 aromatic rings. The van der Waals surface area contributed by atoms with Crippen molar-refractivity contribution in [1.82, 2.24) is 4.90 Å². The van der Waals surface area contributed by atoms with E-state index in [1.165, 1.54) is 0 Å². The third-order valence-corrected chi connectivity index (χ3v) is 7.21. The van der Waals surface area contributed by atoms with Gasteiger partial charge >= 0.3 is 6.09 Å². The molecule has 0 radical (unpaired) electrons. The van der Waals surface area contributed by atoms with Crippen LogP contribution >= 0.6 is 31.9 Å². The van der Waals surface area contributed by atoms with Gasteiger partial charge in [-0.05, 0) is 81.2 Å². The van der Waals surface area contributed by atoms with Crippen molar-refractivity contribution in [2.75, 3.05) is 13.1 Å². The minimum Gasteiger partial charge on any atom is -0.444 e. The second kappa shape index (κ2) is 9.22. The Bertz CT molecular complexity index is 1050. The van der Waals surface area contributed by atoms with Crippen LogP contribution in [0.2, 0.25) is 0 Å². The fraction of sp³-hybridized carbons (Fsp3) is 0.333. The van der Waals surface area contributed by atoms with Crippen LogP contribution in [0.25, 0.3) is 12.2 Å². The molecular formula is C27H27Br2NO3. The molecule has 172 valence electrons. The van der Waals surface area contributed by atoms with E-state index >= 15 is 0 Å². The molecule has 0 bridgehead atoms. The molecule has 2 aromatic carbocycles. The highest BCUT2D eigenvalue weighted by Crippen LogP contribution is 2.56. The summed E-state index contributed by atoms with van der Waals surface area (Å²) in [6.07, 6.45) is 5.12. The van der Waals surface area contributed by atoms with Crippen molar-refractivity contribution in [2.24, 2.45) is 5.41 Å². The Balaban J connectivity index is 1.65. The normalized spacial score (nSPS) is 20.3. The summed E-state index contributed by atoms with van der Waals surface area (Å²) in [5.41, 5.74) is 2.78. The predicted octanol–water partition coefficient (Wildman–Crippen LogP) is 7.28. The molecular weight excluding hydrogens is 546 g/mol. The predicted molar refractivity (Wildman–Crippen MR) is 139 cm³/mol. The Morgan fingerprint density at radius 2 is 1.30 bits per heavy atom. The summed E-state index contributed by atoms with van der Waals surface area (Å²) < 4.78 is 7.57. The van der Waals surface area contributed by atoms with Gasteiger partial charge in [-0.1, -0.05) is 56.1 Å². The lowest BCUT2D eigenvalue weighted by molar-refractivity contribution is -0.118. The van der Waals surface area contributed by atoms with Crippen LogP contribution in [0.4, 0.5) is 4.79 Å². The lowest BCUT2D eigenvalue weighted by atomic mass is 9.54. The fourth-order valence-electron chi connectivity index (χ4n) is 4.46. The fourth-order valence-corrected chi connectivity index (χ4v) is 4.99. The van der Waals surface area contributed by atoms with E-state index in [1.54, 1.807) is 4.90 Å². The van der Waals surface area contributed by atoms with Crippen molar-refractivity contribution in [1.29, 1.82) is 0 Å². The highest BCUT2D eigenvalue weighted by atomic mass is 79.9. The Kier molecular flexibility index (Phi) is 6.70. The molecule has 0 N–H and O–H groups in total. The second-order valence-corrected chi connectivity index (χ2v) is 11.4. The van der Waals surface area contributed by atoms with Gasteiger partial charge in [0.2, 0.25) is 0 Å². The van der Waals surface area contributed by atoms with Crippen molar-refractivity contribution in [3.63, 3.8) is 0 Å². The molecule has 4 rings (SSSR count). The van der Waals surface area contributed by atoms with Crippen LogP contribution in [0, 0.1) is 5.41 Å². The number of Topliss-reactive ketones (excluding diaryl/α,β-unsaturated/α-hetero) is 1. The summed E-state index contributed by atoms with van der Waals surface area (Å²) in [7, 11) is 0. The number of rotatable bonds is 2. The number of likely N-dealkylation sites (tertiary alicyclic amines) is 1. The zero-order chi connectivity index (χ0) is 23.8. The first-order valence-corrected chi connectivity index (χ1v) is 12.6. The number of piperidine rings is 1. The van der Waals surface area contributed by atoms with Crippen LogP contribution in [-0.4, -0.2) is 35.5 Å². The maximum absolute atomic E-state index is 13.3.